The summed E-state index contributed by atoms with van der Waals surface area (Å²) < 4.78 is 5.39. The van der Waals surface area contributed by atoms with E-state index in [2.05, 4.69) is 12.2 Å². The van der Waals surface area contributed by atoms with Crippen molar-refractivity contribution in [1.29, 1.82) is 10.5 Å². The molecule has 0 heterocycles. The number of nitrogens with one attached hydrogen (secondary N) is 1. The fourth-order valence-electron chi connectivity index (χ4n) is 1.98. The van der Waals surface area contributed by atoms with Gasteiger partial charge in [0.25, 0.3) is 0 Å². The molecule has 1 atom stereocenters. The molecule has 19 heavy (non-hydrogen) atoms. The molecular formula is C15H19N3O. The molecule has 0 radical (unpaired) electrons. The van der Waals surface area contributed by atoms with E-state index in [1.54, 1.807) is 19.2 Å². The Hall–Kier alpha value is -2.04. The fourth-order valence-corrected chi connectivity index (χ4v) is 1.98. The minimum Gasteiger partial charge on any atom is -0.382 e. The number of nitrogens with zero attached hydrogens (tertiary/aromatic N) is 2. The summed E-state index contributed by atoms with van der Waals surface area (Å²) in [5.41, 5.74) is 1.44. The highest BCUT2D eigenvalue weighted by molar-refractivity contribution is 5.56. The van der Waals surface area contributed by atoms with E-state index in [-0.39, 0.29) is 11.6 Å². The Morgan fingerprint density at radius 2 is 1.89 bits per heavy atom. The molecule has 0 aromatic heterocycles. The van der Waals surface area contributed by atoms with Crippen LogP contribution in [-0.4, -0.2) is 18.8 Å². The van der Waals surface area contributed by atoms with Gasteiger partial charge in [0, 0.05) is 18.8 Å². The van der Waals surface area contributed by atoms with Crippen LogP contribution in [0, 0.1) is 22.7 Å². The molecule has 0 bridgehead atoms. The highest BCUT2D eigenvalue weighted by atomic mass is 16.5. The monoisotopic (exact) mass is 257 g/mol. The molecule has 0 aliphatic rings. The van der Waals surface area contributed by atoms with E-state index in [1.165, 1.54) is 0 Å². The average Bonchev–Trinajstić information content (AvgIpc) is 2.37. The Bertz CT molecular complexity index is 523. The molecule has 0 saturated heterocycles. The number of nitriles is 2. The van der Waals surface area contributed by atoms with E-state index in [9.17, 15) is 0 Å². The predicted molar refractivity (Wildman–Crippen MR) is 74.7 cm³/mol. The highest BCUT2D eigenvalue weighted by Crippen LogP contribution is 2.20. The zero-order valence-electron chi connectivity index (χ0n) is 11.8. The van der Waals surface area contributed by atoms with Crippen LogP contribution in [0.3, 0.4) is 0 Å². The van der Waals surface area contributed by atoms with Gasteiger partial charge in [-0.15, -0.1) is 0 Å². The largest absolute Gasteiger partial charge is 0.382 e. The molecule has 1 rings (SSSR count). The Kier molecular flexibility index (Phi) is 4.92. The van der Waals surface area contributed by atoms with Crippen molar-refractivity contribution in [2.75, 3.05) is 12.4 Å². The lowest BCUT2D eigenvalue weighted by molar-refractivity contribution is 0.0128. The maximum absolute atomic E-state index is 8.98. The number of ether oxygens (including phenoxy) is 1. The van der Waals surface area contributed by atoms with Crippen LogP contribution in [0.25, 0.3) is 0 Å². The molecule has 0 aliphatic carbocycles. The minimum absolute atomic E-state index is 0.197. The highest BCUT2D eigenvalue weighted by Gasteiger charge is 2.20. The molecule has 4 heteroatoms. The third kappa shape index (κ3) is 4.28. The smallest absolute Gasteiger partial charge is 0.101 e. The third-order valence-corrected chi connectivity index (χ3v) is 3.02. The number of rotatable bonds is 5. The number of benzene rings is 1. The Balaban J connectivity index is 2.79. The summed E-state index contributed by atoms with van der Waals surface area (Å²) in [4.78, 5) is 0. The van der Waals surface area contributed by atoms with Crippen molar-refractivity contribution in [2.45, 2.75) is 38.8 Å². The first-order valence-electron chi connectivity index (χ1n) is 6.18. The Morgan fingerprint density at radius 3 is 2.42 bits per heavy atom. The van der Waals surface area contributed by atoms with Crippen LogP contribution < -0.4 is 5.32 Å². The molecule has 0 aliphatic heterocycles. The van der Waals surface area contributed by atoms with Crippen molar-refractivity contribution in [3.63, 3.8) is 0 Å². The number of anilines is 1. The zero-order chi connectivity index (χ0) is 14.5. The fraction of sp³-hybridized carbons (Fsp3) is 0.467. The summed E-state index contributed by atoms with van der Waals surface area (Å²) in [5.74, 6) is 0. The molecular weight excluding hydrogens is 238 g/mol. The van der Waals surface area contributed by atoms with Crippen molar-refractivity contribution in [1.82, 2.24) is 0 Å². The third-order valence-electron chi connectivity index (χ3n) is 3.02. The molecule has 0 spiro atoms. The van der Waals surface area contributed by atoms with E-state index in [0.717, 1.165) is 12.1 Å². The van der Waals surface area contributed by atoms with E-state index in [1.807, 2.05) is 32.1 Å². The second-order valence-electron chi connectivity index (χ2n) is 5.20. The van der Waals surface area contributed by atoms with Crippen LogP contribution in [0.5, 0.6) is 0 Å². The summed E-state index contributed by atoms with van der Waals surface area (Å²) in [7, 11) is 1.70. The zero-order valence-corrected chi connectivity index (χ0v) is 11.8. The predicted octanol–water partition coefficient (Wildman–Crippen LogP) is 3.05. The van der Waals surface area contributed by atoms with Crippen LogP contribution in [0.15, 0.2) is 18.2 Å². The molecule has 1 unspecified atom stereocenters. The van der Waals surface area contributed by atoms with Gasteiger partial charge >= 0.3 is 0 Å². The van der Waals surface area contributed by atoms with Gasteiger partial charge in [-0.2, -0.15) is 10.5 Å². The molecule has 100 valence electrons. The van der Waals surface area contributed by atoms with Crippen molar-refractivity contribution < 1.29 is 4.74 Å². The lowest BCUT2D eigenvalue weighted by Gasteiger charge is -2.27. The van der Waals surface area contributed by atoms with Crippen LogP contribution in [0.1, 0.15) is 38.3 Å². The normalized spacial score (nSPS) is 12.3. The van der Waals surface area contributed by atoms with Crippen LogP contribution >= 0.6 is 0 Å². The standard InChI is InChI=1S/C15H19N3O/c1-11(8-15(2,3)19-4)18-14-6-5-12(9-16)13(7-14)10-17/h5-7,11,18H,8H2,1-4H3. The van der Waals surface area contributed by atoms with Crippen molar-refractivity contribution in [3.05, 3.63) is 29.3 Å². The van der Waals surface area contributed by atoms with Gasteiger partial charge in [-0.25, -0.2) is 0 Å². The van der Waals surface area contributed by atoms with E-state index in [4.69, 9.17) is 15.3 Å². The number of hydrogen-bond acceptors (Lipinski definition) is 4. The minimum atomic E-state index is -0.197. The van der Waals surface area contributed by atoms with Gasteiger partial charge in [0.05, 0.1) is 16.7 Å². The first kappa shape index (κ1) is 15.0. The van der Waals surface area contributed by atoms with Gasteiger partial charge in [0.2, 0.25) is 0 Å². The lowest BCUT2D eigenvalue weighted by atomic mass is 9.99. The van der Waals surface area contributed by atoms with Gasteiger partial charge in [0.15, 0.2) is 0 Å². The average molecular weight is 257 g/mol. The van der Waals surface area contributed by atoms with E-state index < -0.39 is 0 Å². The van der Waals surface area contributed by atoms with E-state index >= 15 is 0 Å². The molecule has 4 nitrogen and oxygen atoms in total. The molecule has 1 N–H and O–H groups in total. The van der Waals surface area contributed by atoms with Crippen molar-refractivity contribution in [3.8, 4) is 12.1 Å². The molecule has 0 amide bonds. The Morgan fingerprint density at radius 1 is 1.26 bits per heavy atom. The quantitative estimate of drug-likeness (QED) is 0.880. The summed E-state index contributed by atoms with van der Waals surface area (Å²) in [6, 6.07) is 9.42. The van der Waals surface area contributed by atoms with Crippen molar-refractivity contribution >= 4 is 5.69 Å². The van der Waals surface area contributed by atoms with Gasteiger partial charge in [-0.3, -0.25) is 0 Å². The summed E-state index contributed by atoms with van der Waals surface area (Å²) in [5, 5.41) is 21.2. The van der Waals surface area contributed by atoms with Gasteiger partial charge < -0.3 is 10.1 Å². The van der Waals surface area contributed by atoms with Crippen LogP contribution in [-0.2, 0) is 4.74 Å². The topological polar surface area (TPSA) is 68.8 Å². The van der Waals surface area contributed by atoms with Gasteiger partial charge in [-0.05, 0) is 45.4 Å². The lowest BCUT2D eigenvalue weighted by Crippen LogP contribution is -2.31. The SMILES string of the molecule is COC(C)(C)CC(C)Nc1ccc(C#N)c(C#N)c1. The first-order valence-corrected chi connectivity index (χ1v) is 6.18. The Labute approximate surface area is 114 Å². The maximum atomic E-state index is 8.98. The van der Waals surface area contributed by atoms with Crippen molar-refractivity contribution in [2.24, 2.45) is 0 Å². The van der Waals surface area contributed by atoms with Gasteiger partial charge in [0.1, 0.15) is 12.1 Å². The second-order valence-corrected chi connectivity index (χ2v) is 5.20. The summed E-state index contributed by atoms with van der Waals surface area (Å²) >= 11 is 0. The number of hydrogen-bond donors (Lipinski definition) is 1. The van der Waals surface area contributed by atoms with E-state index in [0.29, 0.717) is 11.1 Å². The molecule has 1 aromatic carbocycles. The van der Waals surface area contributed by atoms with Crippen LogP contribution in [0.2, 0.25) is 0 Å². The van der Waals surface area contributed by atoms with Gasteiger partial charge in [-0.1, -0.05) is 0 Å². The second kappa shape index (κ2) is 6.22. The summed E-state index contributed by atoms with van der Waals surface area (Å²) in [6.45, 7) is 6.13. The first-order chi connectivity index (χ1) is 8.91. The molecule has 0 saturated carbocycles. The maximum Gasteiger partial charge on any atom is 0.101 e. The summed E-state index contributed by atoms with van der Waals surface area (Å²) in [6.07, 6.45) is 0.839. The number of methoxy groups -OCH3 is 1. The molecule has 0 fully saturated rings. The molecule has 1 aromatic rings. The van der Waals surface area contributed by atoms with Crippen LogP contribution in [0.4, 0.5) is 5.69 Å².